The van der Waals surface area contributed by atoms with Gasteiger partial charge in [0.25, 0.3) is 0 Å². The zero-order valence-corrected chi connectivity index (χ0v) is 15.1. The third-order valence-corrected chi connectivity index (χ3v) is 4.90. The predicted molar refractivity (Wildman–Crippen MR) is 104 cm³/mol. The zero-order chi connectivity index (χ0) is 19.2. The van der Waals surface area contributed by atoms with Crippen molar-refractivity contribution in [1.29, 1.82) is 0 Å². The Kier molecular flexibility index (Phi) is 6.19. The second-order valence-electron chi connectivity index (χ2n) is 7.01. The van der Waals surface area contributed by atoms with Crippen molar-refractivity contribution >= 4 is 23.2 Å². The van der Waals surface area contributed by atoms with Gasteiger partial charge in [0, 0.05) is 18.2 Å². The molecule has 1 fully saturated rings. The quantitative estimate of drug-likeness (QED) is 0.729. The van der Waals surface area contributed by atoms with Crippen molar-refractivity contribution in [3.8, 4) is 0 Å². The highest BCUT2D eigenvalue weighted by Crippen LogP contribution is 2.27. The second-order valence-corrected chi connectivity index (χ2v) is 7.01. The van der Waals surface area contributed by atoms with Crippen LogP contribution in [0.2, 0.25) is 0 Å². The number of nitrogens with two attached hydrogens (primary N) is 1. The number of hydrogen-bond acceptors (Lipinski definition) is 3. The van der Waals surface area contributed by atoms with Crippen LogP contribution in [-0.4, -0.2) is 17.9 Å². The van der Waals surface area contributed by atoms with Crippen molar-refractivity contribution < 1.29 is 14.0 Å². The lowest BCUT2D eigenvalue weighted by Gasteiger charge is -2.15. The molecule has 1 saturated carbocycles. The van der Waals surface area contributed by atoms with Crippen LogP contribution in [0, 0.1) is 11.7 Å². The van der Waals surface area contributed by atoms with E-state index in [4.69, 9.17) is 5.73 Å². The molecule has 2 atom stereocenters. The lowest BCUT2D eigenvalue weighted by molar-refractivity contribution is -0.117. The fraction of sp³-hybridized carbons (Fsp3) is 0.333. The van der Waals surface area contributed by atoms with Crippen molar-refractivity contribution in [3.05, 3.63) is 59.9 Å². The van der Waals surface area contributed by atoms with Crippen LogP contribution in [0.25, 0.3) is 0 Å². The van der Waals surface area contributed by atoms with Gasteiger partial charge in [-0.05, 0) is 42.5 Å². The molecule has 0 unspecified atom stereocenters. The molecule has 1 aliphatic rings. The van der Waals surface area contributed by atoms with Gasteiger partial charge in [0.2, 0.25) is 11.8 Å². The predicted octanol–water partition coefficient (Wildman–Crippen LogP) is 3.46. The number of nitrogens with one attached hydrogen (secondary N) is 2. The van der Waals surface area contributed by atoms with Crippen molar-refractivity contribution in [3.63, 3.8) is 0 Å². The summed E-state index contributed by atoms with van der Waals surface area (Å²) in [4.78, 5) is 24.4. The maximum atomic E-state index is 14.0. The minimum absolute atomic E-state index is 0.0475. The second kappa shape index (κ2) is 8.77. The molecule has 5 nitrogen and oxygen atoms in total. The van der Waals surface area contributed by atoms with Gasteiger partial charge >= 0.3 is 0 Å². The first-order valence-electron chi connectivity index (χ1n) is 9.20. The third-order valence-electron chi connectivity index (χ3n) is 4.90. The van der Waals surface area contributed by atoms with Crippen LogP contribution in [0.5, 0.6) is 0 Å². The number of carbonyl (C=O) groups excluding carboxylic acids is 2. The Bertz CT molecular complexity index is 810. The van der Waals surface area contributed by atoms with E-state index in [2.05, 4.69) is 10.6 Å². The normalized spacial score (nSPS) is 18.9. The van der Waals surface area contributed by atoms with Gasteiger partial charge in [-0.3, -0.25) is 9.59 Å². The summed E-state index contributed by atoms with van der Waals surface area (Å²) in [6, 6.07) is 13.4. The first-order valence-corrected chi connectivity index (χ1v) is 9.20. The summed E-state index contributed by atoms with van der Waals surface area (Å²) in [7, 11) is 0. The van der Waals surface area contributed by atoms with Crippen LogP contribution < -0.4 is 16.4 Å². The molecule has 2 aromatic rings. The Balaban J connectivity index is 1.60. The zero-order valence-electron chi connectivity index (χ0n) is 15.1. The van der Waals surface area contributed by atoms with E-state index in [1.807, 2.05) is 30.3 Å². The molecule has 0 aromatic heterocycles. The largest absolute Gasteiger partial charge is 0.327 e. The third kappa shape index (κ3) is 5.37. The molecule has 3 rings (SSSR count). The molecule has 0 heterocycles. The Morgan fingerprint density at radius 3 is 2.52 bits per heavy atom. The molecule has 6 heteroatoms. The van der Waals surface area contributed by atoms with Crippen LogP contribution in [0.3, 0.4) is 0 Å². The Morgan fingerprint density at radius 1 is 1.04 bits per heavy atom. The standard InChI is InChI=1S/C21H24FN3O2/c22-17-10-9-16(24-21(27)12-15-7-4-8-18(15)23)13-19(17)25-20(26)11-14-5-2-1-3-6-14/h1-3,5-6,9-10,13,15,18H,4,7-8,11-12,23H2,(H,24,27)(H,25,26)/t15-,18+/m0/s1. The summed E-state index contributed by atoms with van der Waals surface area (Å²) in [6.45, 7) is 0. The number of rotatable bonds is 6. The number of hydrogen-bond donors (Lipinski definition) is 3. The molecule has 0 spiro atoms. The molecular formula is C21H24FN3O2. The van der Waals surface area contributed by atoms with Gasteiger partial charge in [0.1, 0.15) is 5.82 Å². The van der Waals surface area contributed by atoms with E-state index >= 15 is 0 Å². The van der Waals surface area contributed by atoms with E-state index in [1.54, 1.807) is 0 Å². The van der Waals surface area contributed by atoms with Gasteiger partial charge < -0.3 is 16.4 Å². The molecule has 142 valence electrons. The minimum Gasteiger partial charge on any atom is -0.327 e. The van der Waals surface area contributed by atoms with E-state index < -0.39 is 5.82 Å². The molecule has 4 N–H and O–H groups in total. The summed E-state index contributed by atoms with van der Waals surface area (Å²) in [5, 5.41) is 5.33. The summed E-state index contributed by atoms with van der Waals surface area (Å²) in [5.74, 6) is -0.825. The maximum Gasteiger partial charge on any atom is 0.228 e. The molecular weight excluding hydrogens is 345 g/mol. The molecule has 27 heavy (non-hydrogen) atoms. The smallest absolute Gasteiger partial charge is 0.228 e. The average Bonchev–Trinajstić information content (AvgIpc) is 3.03. The number of anilines is 2. The fourth-order valence-electron chi connectivity index (χ4n) is 3.44. The van der Waals surface area contributed by atoms with Crippen LogP contribution in [0.4, 0.5) is 15.8 Å². The summed E-state index contributed by atoms with van der Waals surface area (Å²) in [5.41, 5.74) is 7.34. The highest BCUT2D eigenvalue weighted by atomic mass is 19.1. The van der Waals surface area contributed by atoms with Crippen LogP contribution in [0.15, 0.2) is 48.5 Å². The van der Waals surface area contributed by atoms with Crippen molar-refractivity contribution in [1.82, 2.24) is 0 Å². The number of amides is 2. The Labute approximate surface area is 158 Å². The topological polar surface area (TPSA) is 84.2 Å². The van der Waals surface area contributed by atoms with Crippen molar-refractivity contribution in [2.75, 3.05) is 10.6 Å². The Hall–Kier alpha value is -2.73. The van der Waals surface area contributed by atoms with E-state index in [0.717, 1.165) is 24.8 Å². The van der Waals surface area contributed by atoms with Crippen molar-refractivity contribution in [2.45, 2.75) is 38.1 Å². The highest BCUT2D eigenvalue weighted by Gasteiger charge is 2.26. The van der Waals surface area contributed by atoms with E-state index in [9.17, 15) is 14.0 Å². The van der Waals surface area contributed by atoms with Crippen LogP contribution in [-0.2, 0) is 16.0 Å². The van der Waals surface area contributed by atoms with Gasteiger partial charge in [0.05, 0.1) is 12.1 Å². The average molecular weight is 369 g/mol. The molecule has 0 aliphatic heterocycles. The molecule has 2 amide bonds. The monoisotopic (exact) mass is 369 g/mol. The first-order chi connectivity index (χ1) is 13.0. The van der Waals surface area contributed by atoms with Crippen LogP contribution in [0.1, 0.15) is 31.2 Å². The number of halogens is 1. The van der Waals surface area contributed by atoms with E-state index in [-0.39, 0.29) is 35.9 Å². The van der Waals surface area contributed by atoms with Gasteiger partial charge in [-0.15, -0.1) is 0 Å². The summed E-state index contributed by atoms with van der Waals surface area (Å²) < 4.78 is 14.0. The Morgan fingerprint density at radius 2 is 1.81 bits per heavy atom. The van der Waals surface area contributed by atoms with E-state index in [1.165, 1.54) is 18.2 Å². The number of carbonyl (C=O) groups is 2. The summed E-state index contributed by atoms with van der Waals surface area (Å²) in [6.07, 6.45) is 3.46. The molecule has 2 aromatic carbocycles. The molecule has 1 aliphatic carbocycles. The molecule has 0 bridgehead atoms. The van der Waals surface area contributed by atoms with Gasteiger partial charge in [0.15, 0.2) is 0 Å². The highest BCUT2D eigenvalue weighted by molar-refractivity contribution is 5.95. The molecule has 0 radical (unpaired) electrons. The van der Waals surface area contributed by atoms with Crippen molar-refractivity contribution in [2.24, 2.45) is 11.7 Å². The number of benzene rings is 2. The fourth-order valence-corrected chi connectivity index (χ4v) is 3.44. The van der Waals surface area contributed by atoms with Gasteiger partial charge in [-0.2, -0.15) is 0 Å². The molecule has 0 saturated heterocycles. The van der Waals surface area contributed by atoms with Crippen LogP contribution >= 0.6 is 0 Å². The van der Waals surface area contributed by atoms with Gasteiger partial charge in [-0.25, -0.2) is 4.39 Å². The van der Waals surface area contributed by atoms with Gasteiger partial charge in [-0.1, -0.05) is 36.8 Å². The maximum absolute atomic E-state index is 14.0. The SMILES string of the molecule is N[C@@H]1CCC[C@H]1CC(=O)Nc1ccc(F)c(NC(=O)Cc2ccccc2)c1. The first kappa shape index (κ1) is 19.0. The lowest BCUT2D eigenvalue weighted by atomic mass is 10.00. The lowest BCUT2D eigenvalue weighted by Crippen LogP contribution is -2.28. The summed E-state index contributed by atoms with van der Waals surface area (Å²) >= 11 is 0. The minimum atomic E-state index is -0.549. The van der Waals surface area contributed by atoms with E-state index in [0.29, 0.717) is 12.1 Å².